The molecule has 0 aliphatic heterocycles. The van der Waals surface area contributed by atoms with Gasteiger partial charge < -0.3 is 8.98 Å². The summed E-state index contributed by atoms with van der Waals surface area (Å²) in [5, 5.41) is 7.39. The third kappa shape index (κ3) is 5.16. The minimum atomic E-state index is -0.0915. The number of hydrogen-bond acceptors (Lipinski definition) is 3. The highest BCUT2D eigenvalue weighted by atomic mass is 32.1. The quantitative estimate of drug-likeness (QED) is 0.158. The maximum absolute atomic E-state index is 6.74. The molecule has 0 aliphatic rings. The fraction of sp³-hybridized carbons (Fsp3) is 0.0185. The Hall–Kier alpha value is -7.27. The molecule has 1 unspecified atom stereocenters. The number of hydrogen-bond donors (Lipinski definition) is 0. The van der Waals surface area contributed by atoms with Gasteiger partial charge in [0.1, 0.15) is 11.2 Å². The smallest absolute Gasteiger partial charge is 0.139 e. The van der Waals surface area contributed by atoms with Crippen molar-refractivity contribution < 1.29 is 4.42 Å². The van der Waals surface area contributed by atoms with Gasteiger partial charge in [-0.3, -0.25) is 4.98 Å². The van der Waals surface area contributed by atoms with Crippen LogP contribution in [0.25, 0.3) is 91.9 Å². The summed E-state index contributed by atoms with van der Waals surface area (Å²) in [5.41, 5.74) is 13.6. The minimum Gasteiger partial charge on any atom is -0.456 e. The molecule has 0 N–H and O–H groups in total. The summed E-state index contributed by atoms with van der Waals surface area (Å²) < 4.78 is 11.7. The Kier molecular flexibility index (Phi) is 7.47. The number of benzene rings is 8. The molecule has 0 amide bonds. The van der Waals surface area contributed by atoms with Crippen LogP contribution in [-0.2, 0) is 0 Å². The number of aromatic nitrogens is 2. The Balaban J connectivity index is 1.05. The molecule has 0 saturated heterocycles. The van der Waals surface area contributed by atoms with E-state index in [1.165, 1.54) is 58.7 Å². The van der Waals surface area contributed by atoms with E-state index in [0.29, 0.717) is 0 Å². The van der Waals surface area contributed by atoms with Crippen LogP contribution in [0.15, 0.2) is 205 Å². The molecule has 0 radical (unpaired) electrons. The Labute approximate surface area is 338 Å². The number of furan rings is 1. The number of rotatable bonds is 6. The first kappa shape index (κ1) is 32.9. The molecule has 12 rings (SSSR count). The molecule has 0 spiro atoms. The summed E-state index contributed by atoms with van der Waals surface area (Å²) in [6, 6.07) is 68.4. The summed E-state index contributed by atoms with van der Waals surface area (Å²) in [5.74, 6) is -0.0915. The molecule has 1 atom stereocenters. The van der Waals surface area contributed by atoms with Gasteiger partial charge in [-0.1, -0.05) is 127 Å². The molecule has 4 aromatic heterocycles. The molecular formula is C54H34N2OS. The highest BCUT2D eigenvalue weighted by Gasteiger charge is 2.25. The predicted molar refractivity (Wildman–Crippen MR) is 243 cm³/mol. The normalized spacial score (nSPS) is 12.4. The first-order chi connectivity index (χ1) is 28.8. The second-order valence-electron chi connectivity index (χ2n) is 15.1. The number of pyridine rings is 1. The number of thiophene rings is 1. The Morgan fingerprint density at radius 2 is 1.07 bits per heavy atom. The van der Waals surface area contributed by atoms with Gasteiger partial charge in [-0.05, 0) is 94.0 Å². The van der Waals surface area contributed by atoms with Crippen LogP contribution < -0.4 is 0 Å². The van der Waals surface area contributed by atoms with Gasteiger partial charge in [0.05, 0.1) is 11.0 Å². The fourth-order valence-corrected chi connectivity index (χ4v) is 10.4. The fourth-order valence-electron chi connectivity index (χ4n) is 9.22. The average Bonchev–Trinajstić information content (AvgIpc) is 3.97. The molecule has 12 aromatic rings. The van der Waals surface area contributed by atoms with Crippen LogP contribution in [-0.4, -0.2) is 9.55 Å². The van der Waals surface area contributed by atoms with E-state index in [9.17, 15) is 0 Å². The van der Waals surface area contributed by atoms with Crippen molar-refractivity contribution in [2.45, 2.75) is 5.92 Å². The Bertz CT molecular complexity index is 3460. The van der Waals surface area contributed by atoms with E-state index in [-0.39, 0.29) is 5.92 Å². The summed E-state index contributed by atoms with van der Waals surface area (Å²) in [4.78, 5) is 4.40. The van der Waals surface area contributed by atoms with Crippen molar-refractivity contribution >= 4 is 75.3 Å². The van der Waals surface area contributed by atoms with Crippen LogP contribution in [0.5, 0.6) is 0 Å². The van der Waals surface area contributed by atoms with Crippen molar-refractivity contribution in [2.75, 3.05) is 0 Å². The third-order valence-electron chi connectivity index (χ3n) is 11.9. The molecule has 4 heteroatoms. The zero-order valence-electron chi connectivity index (χ0n) is 31.3. The molecule has 58 heavy (non-hydrogen) atoms. The lowest BCUT2D eigenvalue weighted by Crippen LogP contribution is -2.05. The summed E-state index contributed by atoms with van der Waals surface area (Å²) >= 11 is 1.86. The van der Waals surface area contributed by atoms with Crippen LogP contribution in [0.1, 0.15) is 22.6 Å². The summed E-state index contributed by atoms with van der Waals surface area (Å²) in [6.45, 7) is 0. The SMILES string of the molecule is c1ccc2c(c1)oc1c(C(c3ccc(-c4ccc(-n5c6ccccc6c6ccccc65)cc4)c(-c4ccncc4)c3)c3ccc4c(c3)sc3ccccc34)cccc12. The van der Waals surface area contributed by atoms with Gasteiger partial charge in [0.15, 0.2) is 0 Å². The van der Waals surface area contributed by atoms with Gasteiger partial charge in [-0.2, -0.15) is 0 Å². The van der Waals surface area contributed by atoms with Gasteiger partial charge in [-0.25, -0.2) is 0 Å². The van der Waals surface area contributed by atoms with Crippen LogP contribution in [0.2, 0.25) is 0 Å². The van der Waals surface area contributed by atoms with Crippen molar-refractivity contribution in [3.05, 3.63) is 217 Å². The van der Waals surface area contributed by atoms with Gasteiger partial charge in [0, 0.05) is 71.3 Å². The number of nitrogens with zero attached hydrogens (tertiary/aromatic N) is 2. The lowest BCUT2D eigenvalue weighted by molar-refractivity contribution is 0.661. The van der Waals surface area contributed by atoms with Crippen LogP contribution in [0, 0.1) is 0 Å². The standard InChI is InChI=1S/C54H34N2OS/c1-5-16-48-40(10-1)41-11-2-6-17-49(41)56(48)38-24-20-34(21-25-38)39-26-22-36(32-47(39)35-28-30-55-31-29-35)53(37-23-27-44-43-13-4-8-19-51(43)58-52(44)33-37)46-15-9-14-45-42-12-3-7-18-50(42)57-54(45)46/h1-33,53H. The van der Waals surface area contributed by atoms with Gasteiger partial charge in [0.2, 0.25) is 0 Å². The number of para-hydroxylation sites is 4. The third-order valence-corrected chi connectivity index (χ3v) is 13.0. The van der Waals surface area contributed by atoms with Crippen molar-refractivity contribution in [1.29, 1.82) is 0 Å². The first-order valence-corrected chi connectivity index (χ1v) is 20.5. The van der Waals surface area contributed by atoms with E-state index in [0.717, 1.165) is 49.9 Å². The van der Waals surface area contributed by atoms with E-state index in [2.05, 4.69) is 192 Å². The topological polar surface area (TPSA) is 31.0 Å². The van der Waals surface area contributed by atoms with E-state index in [4.69, 9.17) is 4.42 Å². The van der Waals surface area contributed by atoms with Crippen molar-refractivity contribution in [2.24, 2.45) is 0 Å². The molecule has 3 nitrogen and oxygen atoms in total. The molecule has 4 heterocycles. The van der Waals surface area contributed by atoms with Crippen molar-refractivity contribution in [3.8, 4) is 27.9 Å². The van der Waals surface area contributed by atoms with Gasteiger partial charge in [0.25, 0.3) is 0 Å². The second kappa shape index (κ2) is 13.2. The van der Waals surface area contributed by atoms with Crippen LogP contribution >= 0.6 is 11.3 Å². The lowest BCUT2D eigenvalue weighted by Gasteiger charge is -2.22. The molecule has 0 saturated carbocycles. The molecule has 0 aliphatic carbocycles. The van der Waals surface area contributed by atoms with Gasteiger partial charge in [-0.15, -0.1) is 11.3 Å². The zero-order valence-corrected chi connectivity index (χ0v) is 32.2. The Morgan fingerprint density at radius 1 is 0.448 bits per heavy atom. The predicted octanol–water partition coefficient (Wildman–Crippen LogP) is 15.0. The maximum atomic E-state index is 6.74. The largest absolute Gasteiger partial charge is 0.456 e. The maximum Gasteiger partial charge on any atom is 0.139 e. The van der Waals surface area contributed by atoms with Crippen LogP contribution in [0.4, 0.5) is 0 Å². The monoisotopic (exact) mass is 758 g/mol. The summed E-state index contributed by atoms with van der Waals surface area (Å²) in [6.07, 6.45) is 3.78. The molecule has 0 fully saturated rings. The minimum absolute atomic E-state index is 0.0915. The van der Waals surface area contributed by atoms with E-state index >= 15 is 0 Å². The zero-order chi connectivity index (χ0) is 38.2. The van der Waals surface area contributed by atoms with Crippen molar-refractivity contribution in [1.82, 2.24) is 9.55 Å². The summed E-state index contributed by atoms with van der Waals surface area (Å²) in [7, 11) is 0. The highest BCUT2D eigenvalue weighted by Crippen LogP contribution is 2.45. The number of fused-ring (bicyclic) bond motifs is 9. The highest BCUT2D eigenvalue weighted by molar-refractivity contribution is 7.25. The molecule has 0 bridgehead atoms. The molecule has 8 aromatic carbocycles. The van der Waals surface area contributed by atoms with E-state index < -0.39 is 0 Å². The van der Waals surface area contributed by atoms with Gasteiger partial charge >= 0.3 is 0 Å². The van der Waals surface area contributed by atoms with E-state index in [1.54, 1.807) is 0 Å². The second-order valence-corrected chi connectivity index (χ2v) is 16.2. The average molecular weight is 759 g/mol. The lowest BCUT2D eigenvalue weighted by atomic mass is 9.81. The Morgan fingerprint density at radius 3 is 1.86 bits per heavy atom. The van der Waals surface area contributed by atoms with E-state index in [1.807, 2.05) is 29.8 Å². The first-order valence-electron chi connectivity index (χ1n) is 19.7. The van der Waals surface area contributed by atoms with Crippen molar-refractivity contribution in [3.63, 3.8) is 0 Å². The van der Waals surface area contributed by atoms with Crippen LogP contribution in [0.3, 0.4) is 0 Å². The molecular weight excluding hydrogens is 725 g/mol. The molecule has 272 valence electrons.